The lowest BCUT2D eigenvalue weighted by molar-refractivity contribution is -0.00129. The molecule has 28 heavy (non-hydrogen) atoms. The average molecular weight is 382 g/mol. The second-order valence-electron chi connectivity index (χ2n) is 6.37. The molecule has 0 aromatic heterocycles. The Balaban J connectivity index is 1.63. The van der Waals surface area contributed by atoms with Crippen LogP contribution in [0, 0.1) is 0 Å². The average Bonchev–Trinajstić information content (AvgIpc) is 2.77. The highest BCUT2D eigenvalue weighted by Gasteiger charge is 2.28. The van der Waals surface area contributed by atoms with Crippen molar-refractivity contribution in [2.24, 2.45) is 10.9 Å². The summed E-state index contributed by atoms with van der Waals surface area (Å²) in [6, 6.07) is 15.2. The van der Waals surface area contributed by atoms with Gasteiger partial charge in [-0.1, -0.05) is 35.5 Å². The number of nitrogens with zero attached hydrogens (tertiary/aromatic N) is 2. The number of carbonyl (C=O) groups excluding carboxylic acids is 2. The van der Waals surface area contributed by atoms with Gasteiger partial charge in [0.15, 0.2) is 5.84 Å². The van der Waals surface area contributed by atoms with Crippen LogP contribution in [-0.4, -0.2) is 60.1 Å². The zero-order chi connectivity index (χ0) is 19.9. The van der Waals surface area contributed by atoms with Crippen molar-refractivity contribution in [2.45, 2.75) is 6.04 Å². The first-order valence-corrected chi connectivity index (χ1v) is 8.90. The predicted octanol–water partition coefficient (Wildman–Crippen LogP) is 1.05. The molecule has 8 nitrogen and oxygen atoms in total. The number of amides is 2. The van der Waals surface area contributed by atoms with E-state index < -0.39 is 0 Å². The molecular formula is C20H22N4O4. The van der Waals surface area contributed by atoms with Crippen molar-refractivity contribution in [3.63, 3.8) is 0 Å². The summed E-state index contributed by atoms with van der Waals surface area (Å²) in [5, 5.41) is 14.5. The molecular weight excluding hydrogens is 360 g/mol. The highest BCUT2D eigenvalue weighted by Crippen LogP contribution is 2.13. The molecule has 0 bridgehead atoms. The number of oxime groups is 1. The van der Waals surface area contributed by atoms with Crippen molar-refractivity contribution < 1.29 is 19.5 Å². The Hall–Kier alpha value is -3.39. The van der Waals surface area contributed by atoms with E-state index >= 15 is 0 Å². The molecule has 146 valence electrons. The molecule has 4 N–H and O–H groups in total. The van der Waals surface area contributed by atoms with Crippen LogP contribution in [0.4, 0.5) is 0 Å². The topological polar surface area (TPSA) is 117 Å². The third kappa shape index (κ3) is 4.47. The number of morpholine rings is 1. The van der Waals surface area contributed by atoms with Gasteiger partial charge in [-0.25, -0.2) is 0 Å². The number of hydrogen-bond acceptors (Lipinski definition) is 5. The maximum atomic E-state index is 12.8. The molecule has 0 radical (unpaired) electrons. The summed E-state index contributed by atoms with van der Waals surface area (Å²) < 4.78 is 5.49. The van der Waals surface area contributed by atoms with Gasteiger partial charge in [0.2, 0.25) is 0 Å². The van der Waals surface area contributed by atoms with Crippen molar-refractivity contribution in [1.82, 2.24) is 10.2 Å². The normalized spacial score (nSPS) is 17.2. The fourth-order valence-electron chi connectivity index (χ4n) is 3.00. The van der Waals surface area contributed by atoms with Crippen LogP contribution in [0.1, 0.15) is 26.3 Å². The number of ether oxygens (including phenoxy) is 1. The molecule has 1 aliphatic rings. The van der Waals surface area contributed by atoms with Gasteiger partial charge in [0.25, 0.3) is 11.8 Å². The fourth-order valence-corrected chi connectivity index (χ4v) is 3.00. The van der Waals surface area contributed by atoms with E-state index in [4.69, 9.17) is 15.7 Å². The van der Waals surface area contributed by atoms with Gasteiger partial charge in [-0.3, -0.25) is 9.59 Å². The summed E-state index contributed by atoms with van der Waals surface area (Å²) in [7, 11) is 0. The quantitative estimate of drug-likeness (QED) is 0.309. The fraction of sp³-hybridized carbons (Fsp3) is 0.250. The minimum Gasteiger partial charge on any atom is -0.409 e. The van der Waals surface area contributed by atoms with Gasteiger partial charge >= 0.3 is 0 Å². The molecule has 1 aliphatic heterocycles. The van der Waals surface area contributed by atoms with Crippen LogP contribution in [-0.2, 0) is 4.74 Å². The molecule has 0 spiro atoms. The number of carbonyl (C=O) groups is 2. The Bertz CT molecular complexity index is 852. The van der Waals surface area contributed by atoms with Crippen LogP contribution in [0.25, 0.3) is 0 Å². The van der Waals surface area contributed by atoms with Crippen LogP contribution in [0.3, 0.4) is 0 Å². The molecule has 1 fully saturated rings. The first kappa shape index (κ1) is 19.4. The second kappa shape index (κ2) is 9.01. The lowest BCUT2D eigenvalue weighted by Crippen LogP contribution is -2.53. The molecule has 1 heterocycles. The second-order valence-corrected chi connectivity index (χ2v) is 6.37. The zero-order valence-corrected chi connectivity index (χ0v) is 15.2. The summed E-state index contributed by atoms with van der Waals surface area (Å²) in [5.41, 5.74) is 7.08. The highest BCUT2D eigenvalue weighted by atomic mass is 16.5. The molecule has 1 saturated heterocycles. The number of nitrogens with two attached hydrogens (primary N) is 1. The SMILES string of the molecule is N/C(=N\O)c1ccc(C(=O)NCC2COCCN2C(=O)c2ccccc2)cc1. The van der Waals surface area contributed by atoms with Gasteiger partial charge in [0.05, 0.1) is 19.3 Å². The van der Waals surface area contributed by atoms with E-state index in [9.17, 15) is 9.59 Å². The van der Waals surface area contributed by atoms with E-state index in [0.29, 0.717) is 36.4 Å². The molecule has 1 unspecified atom stereocenters. The zero-order valence-electron chi connectivity index (χ0n) is 15.2. The molecule has 3 rings (SSSR count). The van der Waals surface area contributed by atoms with Crippen LogP contribution >= 0.6 is 0 Å². The predicted molar refractivity (Wildman–Crippen MR) is 103 cm³/mol. The van der Waals surface area contributed by atoms with Gasteiger partial charge in [0.1, 0.15) is 0 Å². The standard InChI is InChI=1S/C20H22N4O4/c21-18(23-27)14-6-8-15(9-7-14)19(25)22-12-17-13-28-11-10-24(17)20(26)16-4-2-1-3-5-16/h1-9,17,27H,10-13H2,(H2,21,23)(H,22,25). The molecule has 1 atom stereocenters. The summed E-state index contributed by atoms with van der Waals surface area (Å²) >= 11 is 0. The first-order chi connectivity index (χ1) is 13.6. The summed E-state index contributed by atoms with van der Waals surface area (Å²) in [6.07, 6.45) is 0. The summed E-state index contributed by atoms with van der Waals surface area (Å²) in [6.45, 7) is 1.59. The van der Waals surface area contributed by atoms with Crippen molar-refractivity contribution >= 4 is 17.6 Å². The Morgan fingerprint density at radius 2 is 1.79 bits per heavy atom. The van der Waals surface area contributed by atoms with E-state index in [-0.39, 0.29) is 30.2 Å². The number of nitrogens with one attached hydrogen (secondary N) is 1. The molecule has 8 heteroatoms. The Labute approximate surface area is 162 Å². The molecule has 2 aromatic carbocycles. The molecule has 2 aromatic rings. The van der Waals surface area contributed by atoms with Crippen molar-refractivity contribution in [2.75, 3.05) is 26.3 Å². The summed E-state index contributed by atoms with van der Waals surface area (Å²) in [5.74, 6) is -0.378. The Morgan fingerprint density at radius 1 is 1.11 bits per heavy atom. The third-order valence-electron chi connectivity index (χ3n) is 4.56. The van der Waals surface area contributed by atoms with Gasteiger partial charge < -0.3 is 25.9 Å². The minimum atomic E-state index is -0.274. The van der Waals surface area contributed by atoms with Gasteiger partial charge in [-0.05, 0) is 24.3 Å². The monoisotopic (exact) mass is 382 g/mol. The van der Waals surface area contributed by atoms with Gasteiger partial charge in [0, 0.05) is 29.8 Å². The van der Waals surface area contributed by atoms with Crippen LogP contribution in [0.15, 0.2) is 59.8 Å². The van der Waals surface area contributed by atoms with Crippen LogP contribution in [0.2, 0.25) is 0 Å². The third-order valence-corrected chi connectivity index (χ3v) is 4.56. The highest BCUT2D eigenvalue weighted by molar-refractivity contribution is 5.99. The maximum absolute atomic E-state index is 12.8. The molecule has 2 amide bonds. The van der Waals surface area contributed by atoms with E-state index in [1.807, 2.05) is 18.2 Å². The summed E-state index contributed by atoms with van der Waals surface area (Å²) in [4.78, 5) is 26.9. The van der Waals surface area contributed by atoms with Crippen molar-refractivity contribution in [1.29, 1.82) is 0 Å². The molecule has 0 saturated carbocycles. The van der Waals surface area contributed by atoms with Gasteiger partial charge in [-0.2, -0.15) is 0 Å². The van der Waals surface area contributed by atoms with Crippen molar-refractivity contribution in [3.8, 4) is 0 Å². The minimum absolute atomic E-state index is 0.0265. The van der Waals surface area contributed by atoms with E-state index in [2.05, 4.69) is 10.5 Å². The van der Waals surface area contributed by atoms with E-state index in [1.54, 1.807) is 41.3 Å². The number of amidine groups is 1. The largest absolute Gasteiger partial charge is 0.409 e. The van der Waals surface area contributed by atoms with Crippen LogP contribution in [0.5, 0.6) is 0 Å². The van der Waals surface area contributed by atoms with Gasteiger partial charge in [-0.15, -0.1) is 0 Å². The Morgan fingerprint density at radius 3 is 2.46 bits per heavy atom. The number of rotatable bonds is 5. The van der Waals surface area contributed by atoms with Crippen molar-refractivity contribution in [3.05, 3.63) is 71.3 Å². The first-order valence-electron chi connectivity index (χ1n) is 8.90. The van der Waals surface area contributed by atoms with E-state index in [0.717, 1.165) is 0 Å². The Kier molecular flexibility index (Phi) is 6.23. The number of benzene rings is 2. The molecule has 0 aliphatic carbocycles. The van der Waals surface area contributed by atoms with Crippen LogP contribution < -0.4 is 11.1 Å². The maximum Gasteiger partial charge on any atom is 0.254 e. The lowest BCUT2D eigenvalue weighted by Gasteiger charge is -2.35. The smallest absolute Gasteiger partial charge is 0.254 e. The lowest BCUT2D eigenvalue weighted by atomic mass is 10.1. The number of hydrogen-bond donors (Lipinski definition) is 3. The van der Waals surface area contributed by atoms with E-state index in [1.165, 1.54) is 0 Å².